The summed E-state index contributed by atoms with van der Waals surface area (Å²) in [4.78, 5) is 6.34. The molecule has 3 N–H and O–H groups in total. The summed E-state index contributed by atoms with van der Waals surface area (Å²) in [6.45, 7) is 6.23. The van der Waals surface area contributed by atoms with Crippen LogP contribution in [0.5, 0.6) is 0 Å². The Morgan fingerprint density at radius 3 is 2.89 bits per heavy atom. The normalized spacial score (nSPS) is 20.2. The van der Waals surface area contributed by atoms with Crippen molar-refractivity contribution in [1.82, 2.24) is 10.2 Å². The van der Waals surface area contributed by atoms with Crippen molar-refractivity contribution in [3.63, 3.8) is 0 Å². The third kappa shape index (κ3) is 2.48. The number of aliphatic imine (C=N–C) groups is 1. The van der Waals surface area contributed by atoms with E-state index in [1.165, 1.54) is 11.1 Å². The van der Waals surface area contributed by atoms with Crippen LogP contribution in [0.4, 0.5) is 0 Å². The molecule has 1 atom stereocenters. The van der Waals surface area contributed by atoms with Gasteiger partial charge in [0.2, 0.25) is 0 Å². The number of benzene rings is 1. The average Bonchev–Trinajstić information content (AvgIpc) is 2.74. The van der Waals surface area contributed by atoms with Gasteiger partial charge in [-0.2, -0.15) is 0 Å². The maximum Gasteiger partial charge on any atom is 0.189 e. The van der Waals surface area contributed by atoms with Crippen LogP contribution in [-0.4, -0.2) is 24.6 Å². The fourth-order valence-corrected chi connectivity index (χ4v) is 2.68. The van der Waals surface area contributed by atoms with Crippen LogP contribution in [0.25, 0.3) is 0 Å². The average molecular weight is 246 g/mol. The number of nitrogens with two attached hydrogens (primary N) is 1. The molecule has 0 aliphatic carbocycles. The molecule has 0 amide bonds. The van der Waals surface area contributed by atoms with Crippen molar-refractivity contribution in [1.29, 1.82) is 0 Å². The summed E-state index contributed by atoms with van der Waals surface area (Å²) in [5.41, 5.74) is 8.56. The molecule has 98 valence electrons. The van der Waals surface area contributed by atoms with Crippen molar-refractivity contribution in [3.05, 3.63) is 35.4 Å². The quantitative estimate of drug-likeness (QED) is 0.630. The van der Waals surface area contributed by atoms with E-state index < -0.39 is 0 Å². The molecule has 0 radical (unpaired) electrons. The maximum absolute atomic E-state index is 5.69. The van der Waals surface area contributed by atoms with Crippen molar-refractivity contribution in [2.24, 2.45) is 16.6 Å². The van der Waals surface area contributed by atoms with Crippen molar-refractivity contribution >= 4 is 5.96 Å². The molecule has 1 aromatic carbocycles. The largest absolute Gasteiger partial charge is 0.370 e. The fourth-order valence-electron chi connectivity index (χ4n) is 2.68. The van der Waals surface area contributed by atoms with Gasteiger partial charge in [0.25, 0.3) is 0 Å². The van der Waals surface area contributed by atoms with Gasteiger partial charge in [-0.3, -0.25) is 9.89 Å². The molecule has 1 heterocycles. The minimum Gasteiger partial charge on any atom is -0.370 e. The standard InChI is InChI=1S/C14H22N4/c1-10(2)13-12-7-5-4-6-11(12)8-18(13)9-17-14(15)16-3/h4-7,10,13H,8-9H2,1-3H3,(H3,15,16,17). The number of fused-ring (bicyclic) bond motifs is 1. The van der Waals surface area contributed by atoms with E-state index in [1.54, 1.807) is 7.05 Å². The van der Waals surface area contributed by atoms with E-state index in [1.807, 2.05) is 0 Å². The summed E-state index contributed by atoms with van der Waals surface area (Å²) in [6, 6.07) is 9.12. The van der Waals surface area contributed by atoms with E-state index in [4.69, 9.17) is 5.73 Å². The lowest BCUT2D eigenvalue weighted by Gasteiger charge is -2.28. The summed E-state index contributed by atoms with van der Waals surface area (Å²) in [7, 11) is 1.70. The Morgan fingerprint density at radius 1 is 1.50 bits per heavy atom. The van der Waals surface area contributed by atoms with Gasteiger partial charge in [-0.1, -0.05) is 38.1 Å². The fraction of sp³-hybridized carbons (Fsp3) is 0.500. The Hall–Kier alpha value is -1.55. The second-order valence-electron chi connectivity index (χ2n) is 5.08. The third-order valence-corrected chi connectivity index (χ3v) is 3.48. The van der Waals surface area contributed by atoms with Gasteiger partial charge in [-0.05, 0) is 17.0 Å². The summed E-state index contributed by atoms with van der Waals surface area (Å²) in [6.07, 6.45) is 0. The van der Waals surface area contributed by atoms with Crippen molar-refractivity contribution < 1.29 is 0 Å². The van der Waals surface area contributed by atoms with Crippen LogP contribution in [-0.2, 0) is 6.54 Å². The van der Waals surface area contributed by atoms with Crippen molar-refractivity contribution in [3.8, 4) is 0 Å². The molecular weight excluding hydrogens is 224 g/mol. The second-order valence-corrected chi connectivity index (χ2v) is 5.08. The number of hydrogen-bond donors (Lipinski definition) is 2. The smallest absolute Gasteiger partial charge is 0.189 e. The molecule has 2 rings (SSSR count). The number of nitrogens with one attached hydrogen (secondary N) is 1. The summed E-state index contributed by atoms with van der Waals surface area (Å²) in [5.74, 6) is 1.07. The first-order valence-corrected chi connectivity index (χ1v) is 6.41. The van der Waals surface area contributed by atoms with Crippen LogP contribution in [0, 0.1) is 5.92 Å². The lowest BCUT2D eigenvalue weighted by Crippen LogP contribution is -2.41. The summed E-state index contributed by atoms with van der Waals surface area (Å²) >= 11 is 0. The van der Waals surface area contributed by atoms with Crippen LogP contribution in [0.2, 0.25) is 0 Å². The Labute approximate surface area is 109 Å². The van der Waals surface area contributed by atoms with E-state index in [2.05, 4.69) is 53.3 Å². The predicted molar refractivity (Wildman–Crippen MR) is 75.1 cm³/mol. The molecule has 0 aromatic heterocycles. The molecule has 1 unspecified atom stereocenters. The Morgan fingerprint density at radius 2 is 2.22 bits per heavy atom. The lowest BCUT2D eigenvalue weighted by molar-refractivity contribution is 0.168. The monoisotopic (exact) mass is 246 g/mol. The van der Waals surface area contributed by atoms with Crippen LogP contribution in [0.1, 0.15) is 31.0 Å². The minimum absolute atomic E-state index is 0.457. The van der Waals surface area contributed by atoms with Gasteiger partial charge in [-0.25, -0.2) is 0 Å². The molecule has 0 bridgehead atoms. The first-order valence-electron chi connectivity index (χ1n) is 6.41. The van der Waals surface area contributed by atoms with Crippen LogP contribution in [0.15, 0.2) is 29.3 Å². The molecule has 1 aliphatic heterocycles. The molecular formula is C14H22N4. The molecule has 0 saturated heterocycles. The van der Waals surface area contributed by atoms with E-state index >= 15 is 0 Å². The zero-order valence-corrected chi connectivity index (χ0v) is 11.4. The molecule has 4 heteroatoms. The predicted octanol–water partition coefficient (Wildman–Crippen LogP) is 1.69. The highest BCUT2D eigenvalue weighted by Crippen LogP contribution is 2.37. The molecule has 0 fully saturated rings. The second kappa shape index (κ2) is 5.40. The Kier molecular flexibility index (Phi) is 3.87. The topological polar surface area (TPSA) is 53.6 Å². The molecule has 1 aliphatic rings. The van der Waals surface area contributed by atoms with Gasteiger partial charge >= 0.3 is 0 Å². The van der Waals surface area contributed by atoms with Gasteiger partial charge < -0.3 is 11.1 Å². The number of rotatable bonds is 3. The number of hydrogen-bond acceptors (Lipinski definition) is 2. The minimum atomic E-state index is 0.457. The maximum atomic E-state index is 5.69. The van der Waals surface area contributed by atoms with E-state index in [9.17, 15) is 0 Å². The molecule has 1 aromatic rings. The highest BCUT2D eigenvalue weighted by Gasteiger charge is 2.31. The van der Waals surface area contributed by atoms with Crippen molar-refractivity contribution in [2.45, 2.75) is 26.4 Å². The van der Waals surface area contributed by atoms with E-state index in [-0.39, 0.29) is 0 Å². The lowest BCUT2D eigenvalue weighted by atomic mass is 9.96. The summed E-state index contributed by atoms with van der Waals surface area (Å²) in [5, 5.41) is 3.15. The zero-order valence-electron chi connectivity index (χ0n) is 11.4. The molecule has 0 saturated carbocycles. The number of guanidine groups is 1. The van der Waals surface area contributed by atoms with Crippen molar-refractivity contribution in [2.75, 3.05) is 13.7 Å². The molecule has 4 nitrogen and oxygen atoms in total. The SMILES string of the molecule is CN=C(N)NCN1Cc2ccccc2C1C(C)C. The first-order chi connectivity index (χ1) is 8.63. The van der Waals surface area contributed by atoms with E-state index in [0.717, 1.165) is 13.2 Å². The number of nitrogens with zero attached hydrogens (tertiary/aromatic N) is 2. The zero-order chi connectivity index (χ0) is 13.1. The van der Waals surface area contributed by atoms with Gasteiger partial charge in [0, 0.05) is 19.6 Å². The third-order valence-electron chi connectivity index (χ3n) is 3.48. The Bertz CT molecular complexity index is 439. The van der Waals surface area contributed by atoms with E-state index in [0.29, 0.717) is 17.9 Å². The highest BCUT2D eigenvalue weighted by molar-refractivity contribution is 5.77. The highest BCUT2D eigenvalue weighted by atomic mass is 15.3. The summed E-state index contributed by atoms with van der Waals surface area (Å²) < 4.78 is 0. The van der Waals surface area contributed by atoms with Crippen LogP contribution >= 0.6 is 0 Å². The van der Waals surface area contributed by atoms with Crippen LogP contribution in [0.3, 0.4) is 0 Å². The first kappa shape index (κ1) is 12.9. The van der Waals surface area contributed by atoms with Gasteiger partial charge in [-0.15, -0.1) is 0 Å². The van der Waals surface area contributed by atoms with Crippen LogP contribution < -0.4 is 11.1 Å². The van der Waals surface area contributed by atoms with Gasteiger partial charge in [0.05, 0.1) is 6.67 Å². The Balaban J connectivity index is 2.14. The molecule has 0 spiro atoms. The molecule has 18 heavy (non-hydrogen) atoms. The van der Waals surface area contributed by atoms with Gasteiger partial charge in [0.15, 0.2) is 5.96 Å². The van der Waals surface area contributed by atoms with Gasteiger partial charge in [0.1, 0.15) is 0 Å².